The van der Waals surface area contributed by atoms with Gasteiger partial charge in [-0.15, -0.1) is 0 Å². The average molecular weight is 176 g/mol. The van der Waals surface area contributed by atoms with Crippen LogP contribution in [0.2, 0.25) is 0 Å². The first kappa shape index (κ1) is 9.07. The zero-order valence-corrected chi connectivity index (χ0v) is 7.07. The molecule has 2 N–H and O–H groups in total. The van der Waals surface area contributed by atoms with Crippen LogP contribution in [0.5, 0.6) is 5.75 Å². The Morgan fingerprint density at radius 3 is 2.85 bits per heavy atom. The van der Waals surface area contributed by atoms with Gasteiger partial charge in [0.2, 0.25) is 0 Å². The highest BCUT2D eigenvalue weighted by Gasteiger charge is 1.91. The van der Waals surface area contributed by atoms with Gasteiger partial charge in [0.15, 0.2) is 0 Å². The average Bonchev–Trinajstić information content (AvgIpc) is 2.15. The van der Waals surface area contributed by atoms with E-state index in [0.29, 0.717) is 11.4 Å². The minimum absolute atomic E-state index is 0.486. The highest BCUT2D eigenvalue weighted by Crippen LogP contribution is 2.06. The Balaban J connectivity index is 2.83. The molecular weight excluding hydrogens is 168 g/mol. The zero-order valence-electron chi connectivity index (χ0n) is 7.07. The monoisotopic (exact) mass is 176 g/mol. The Labute approximate surface area is 75.7 Å². The molecule has 0 saturated heterocycles. The van der Waals surface area contributed by atoms with Gasteiger partial charge in [-0.2, -0.15) is 0 Å². The summed E-state index contributed by atoms with van der Waals surface area (Å²) in [5.41, 5.74) is 5.32. The molecule has 0 aliphatic heterocycles. The maximum Gasteiger partial charge on any atom is 0.293 e. The Kier molecular flexibility index (Phi) is 2.87. The van der Waals surface area contributed by atoms with E-state index in [9.17, 15) is 4.79 Å². The molecule has 66 valence electrons. The van der Waals surface area contributed by atoms with Crippen LogP contribution in [0.1, 0.15) is 5.69 Å². The van der Waals surface area contributed by atoms with Gasteiger partial charge in [-0.25, -0.2) is 4.98 Å². The molecule has 0 bridgehead atoms. The van der Waals surface area contributed by atoms with Gasteiger partial charge >= 0.3 is 0 Å². The van der Waals surface area contributed by atoms with Gasteiger partial charge in [-0.1, -0.05) is 0 Å². The fourth-order valence-corrected chi connectivity index (χ4v) is 0.701. The van der Waals surface area contributed by atoms with Crippen LogP contribution in [0.4, 0.5) is 0 Å². The summed E-state index contributed by atoms with van der Waals surface area (Å²) in [6.07, 6.45) is 1.52. The Bertz CT molecular complexity index is 359. The van der Waals surface area contributed by atoms with Crippen molar-refractivity contribution in [1.29, 1.82) is 0 Å². The number of nitrogens with two attached hydrogens (primary N) is 1. The largest absolute Gasteiger partial charge is 0.495 e. The molecule has 0 aromatic carbocycles. The fraction of sp³-hybridized carbons (Fsp3) is 0.111. The summed E-state index contributed by atoms with van der Waals surface area (Å²) < 4.78 is 4.89. The molecule has 0 atom stereocenters. The maximum absolute atomic E-state index is 10.3. The van der Waals surface area contributed by atoms with Crippen molar-refractivity contribution in [3.63, 3.8) is 0 Å². The number of amides is 1. The van der Waals surface area contributed by atoms with Gasteiger partial charge in [-0.3, -0.25) is 4.79 Å². The van der Waals surface area contributed by atoms with Crippen LogP contribution in [0.15, 0.2) is 18.3 Å². The van der Waals surface area contributed by atoms with Crippen LogP contribution in [0, 0.1) is 11.8 Å². The van der Waals surface area contributed by atoms with E-state index in [0.717, 1.165) is 0 Å². The van der Waals surface area contributed by atoms with Crippen LogP contribution < -0.4 is 10.5 Å². The second kappa shape index (κ2) is 4.12. The lowest BCUT2D eigenvalue weighted by molar-refractivity contribution is -0.112. The number of hydrogen-bond donors (Lipinski definition) is 1. The predicted octanol–water partition coefficient (Wildman–Crippen LogP) is -0.0730. The molecule has 0 radical (unpaired) electrons. The van der Waals surface area contributed by atoms with Crippen molar-refractivity contribution in [3.8, 4) is 17.6 Å². The van der Waals surface area contributed by atoms with Gasteiger partial charge < -0.3 is 10.5 Å². The first-order valence-corrected chi connectivity index (χ1v) is 3.54. The van der Waals surface area contributed by atoms with E-state index in [1.54, 1.807) is 19.2 Å². The van der Waals surface area contributed by atoms with Gasteiger partial charge in [0.1, 0.15) is 11.4 Å². The molecule has 0 aliphatic rings. The number of carbonyl (C=O) groups excluding carboxylic acids is 1. The topological polar surface area (TPSA) is 65.2 Å². The Morgan fingerprint density at radius 1 is 1.62 bits per heavy atom. The van der Waals surface area contributed by atoms with Crippen molar-refractivity contribution in [2.75, 3.05) is 7.11 Å². The number of primary amides is 1. The lowest BCUT2D eigenvalue weighted by Gasteiger charge is -1.96. The summed E-state index contributed by atoms with van der Waals surface area (Å²) in [6, 6.07) is 3.35. The van der Waals surface area contributed by atoms with E-state index in [2.05, 4.69) is 16.8 Å². The van der Waals surface area contributed by atoms with Crippen LogP contribution in [0.25, 0.3) is 0 Å². The standard InChI is InChI=1S/C9H8N2O2/c1-13-8-4-2-7(11-6-8)3-5-9(10)12/h2,4,6H,1H3,(H2,10,12). The minimum Gasteiger partial charge on any atom is -0.495 e. The molecular formula is C9H8N2O2. The zero-order chi connectivity index (χ0) is 9.68. The first-order chi connectivity index (χ1) is 6.22. The molecule has 1 rings (SSSR count). The number of methoxy groups -OCH3 is 1. The van der Waals surface area contributed by atoms with Gasteiger partial charge in [0.05, 0.1) is 13.3 Å². The second-order valence-corrected chi connectivity index (χ2v) is 2.20. The van der Waals surface area contributed by atoms with Gasteiger partial charge in [-0.05, 0) is 18.1 Å². The number of hydrogen-bond acceptors (Lipinski definition) is 3. The lowest BCUT2D eigenvalue weighted by atomic mass is 10.3. The molecule has 4 nitrogen and oxygen atoms in total. The molecule has 0 spiro atoms. The molecule has 0 fully saturated rings. The minimum atomic E-state index is -0.669. The summed E-state index contributed by atoms with van der Waals surface area (Å²) in [4.78, 5) is 14.2. The lowest BCUT2D eigenvalue weighted by Crippen LogP contribution is -2.06. The summed E-state index contributed by atoms with van der Waals surface area (Å²) >= 11 is 0. The third-order valence-electron chi connectivity index (χ3n) is 1.29. The van der Waals surface area contributed by atoms with Crippen LogP contribution in [-0.2, 0) is 4.79 Å². The quantitative estimate of drug-likeness (QED) is 0.609. The Hall–Kier alpha value is -2.02. The van der Waals surface area contributed by atoms with Crippen molar-refractivity contribution in [1.82, 2.24) is 4.98 Å². The second-order valence-electron chi connectivity index (χ2n) is 2.20. The van der Waals surface area contributed by atoms with Crippen LogP contribution in [-0.4, -0.2) is 18.0 Å². The maximum atomic E-state index is 10.3. The molecule has 0 aliphatic carbocycles. The highest BCUT2D eigenvalue weighted by atomic mass is 16.5. The normalized spacial score (nSPS) is 8.38. The summed E-state index contributed by atoms with van der Waals surface area (Å²) in [7, 11) is 1.55. The summed E-state index contributed by atoms with van der Waals surface area (Å²) in [5.74, 6) is 4.66. The third kappa shape index (κ3) is 2.83. The Morgan fingerprint density at radius 2 is 2.38 bits per heavy atom. The van der Waals surface area contributed by atoms with Crippen LogP contribution >= 0.6 is 0 Å². The number of rotatable bonds is 1. The SMILES string of the molecule is COc1ccc(C#CC(N)=O)nc1. The van der Waals surface area contributed by atoms with E-state index in [1.165, 1.54) is 6.20 Å². The third-order valence-corrected chi connectivity index (χ3v) is 1.29. The molecule has 0 unspecified atom stereocenters. The molecule has 1 heterocycles. The fourth-order valence-electron chi connectivity index (χ4n) is 0.701. The van der Waals surface area contributed by atoms with E-state index >= 15 is 0 Å². The highest BCUT2D eigenvalue weighted by molar-refractivity contribution is 5.92. The van der Waals surface area contributed by atoms with Crippen molar-refractivity contribution >= 4 is 5.91 Å². The molecule has 4 heteroatoms. The smallest absolute Gasteiger partial charge is 0.293 e. The number of pyridine rings is 1. The van der Waals surface area contributed by atoms with Gasteiger partial charge in [0.25, 0.3) is 5.91 Å². The molecule has 1 aromatic heterocycles. The number of aromatic nitrogens is 1. The van der Waals surface area contributed by atoms with E-state index in [4.69, 9.17) is 10.5 Å². The first-order valence-electron chi connectivity index (χ1n) is 3.54. The molecule has 1 aromatic rings. The predicted molar refractivity (Wildman–Crippen MR) is 46.9 cm³/mol. The van der Waals surface area contributed by atoms with E-state index in [-0.39, 0.29) is 0 Å². The van der Waals surface area contributed by atoms with E-state index in [1.807, 2.05) is 0 Å². The molecule has 1 amide bonds. The summed E-state index contributed by atoms with van der Waals surface area (Å²) in [6.45, 7) is 0. The molecule has 13 heavy (non-hydrogen) atoms. The van der Waals surface area contributed by atoms with Crippen molar-refractivity contribution in [2.24, 2.45) is 5.73 Å². The number of carbonyl (C=O) groups is 1. The van der Waals surface area contributed by atoms with E-state index < -0.39 is 5.91 Å². The van der Waals surface area contributed by atoms with Crippen LogP contribution in [0.3, 0.4) is 0 Å². The van der Waals surface area contributed by atoms with Gasteiger partial charge in [0, 0.05) is 5.92 Å². The van der Waals surface area contributed by atoms with Crippen molar-refractivity contribution in [3.05, 3.63) is 24.0 Å². The van der Waals surface area contributed by atoms with Crippen molar-refractivity contribution < 1.29 is 9.53 Å². The molecule has 0 saturated carbocycles. The van der Waals surface area contributed by atoms with Crippen molar-refractivity contribution in [2.45, 2.75) is 0 Å². The number of ether oxygens (including phenoxy) is 1. The summed E-state index contributed by atoms with van der Waals surface area (Å²) in [5, 5.41) is 0. The number of nitrogens with zero attached hydrogens (tertiary/aromatic N) is 1.